The first-order valence-corrected chi connectivity index (χ1v) is 7.64. The molecule has 106 valence electrons. The van der Waals surface area contributed by atoms with Gasteiger partial charge in [0.2, 0.25) is 5.91 Å². The Kier molecular flexibility index (Phi) is 5.64. The van der Waals surface area contributed by atoms with Crippen LogP contribution in [0, 0.1) is 0 Å². The van der Waals surface area contributed by atoms with Crippen molar-refractivity contribution in [2.75, 3.05) is 6.54 Å². The normalized spacial score (nSPS) is 18.1. The Morgan fingerprint density at radius 2 is 2.30 bits per heavy atom. The fourth-order valence-corrected chi connectivity index (χ4v) is 2.66. The van der Waals surface area contributed by atoms with Crippen LogP contribution < -0.4 is 5.73 Å². The monoisotopic (exact) mass is 309 g/mol. The maximum absolute atomic E-state index is 11.7. The van der Waals surface area contributed by atoms with E-state index in [4.69, 9.17) is 17.3 Å². The number of carbonyl (C=O) groups excluding carboxylic acids is 1. The van der Waals surface area contributed by atoms with E-state index in [1.54, 1.807) is 17.8 Å². The average Bonchev–Trinajstić information content (AvgIpc) is 2.84. The second-order valence-electron chi connectivity index (χ2n) is 4.33. The summed E-state index contributed by atoms with van der Waals surface area (Å²) in [5, 5.41) is 2.55. The molecule has 0 bridgehead atoms. The number of halogens is 1. The van der Waals surface area contributed by atoms with Crippen LogP contribution in [0.25, 0.3) is 0 Å². The molecule has 0 radical (unpaired) electrons. The second kappa shape index (κ2) is 7.47. The van der Waals surface area contributed by atoms with E-state index < -0.39 is 0 Å². The van der Waals surface area contributed by atoms with Gasteiger partial charge in [0.1, 0.15) is 5.50 Å². The van der Waals surface area contributed by atoms with Gasteiger partial charge in [-0.1, -0.05) is 41.6 Å². The summed E-state index contributed by atoms with van der Waals surface area (Å²) in [6.07, 6.45) is 4.61. The van der Waals surface area contributed by atoms with Gasteiger partial charge < -0.3 is 10.6 Å². The zero-order valence-electron chi connectivity index (χ0n) is 10.9. The van der Waals surface area contributed by atoms with Gasteiger partial charge in [-0.2, -0.15) is 0 Å². The SMILES string of the molecule is NC1SC=CN1CCCC(=O)N=Cc1ccccc1Cl. The summed E-state index contributed by atoms with van der Waals surface area (Å²) in [7, 11) is 0. The van der Waals surface area contributed by atoms with E-state index in [-0.39, 0.29) is 11.4 Å². The van der Waals surface area contributed by atoms with Crippen LogP contribution in [0.4, 0.5) is 0 Å². The summed E-state index contributed by atoms with van der Waals surface area (Å²) >= 11 is 7.55. The van der Waals surface area contributed by atoms with Gasteiger partial charge >= 0.3 is 0 Å². The summed E-state index contributed by atoms with van der Waals surface area (Å²) in [5.41, 5.74) is 6.57. The van der Waals surface area contributed by atoms with Crippen LogP contribution >= 0.6 is 23.4 Å². The van der Waals surface area contributed by atoms with Crippen LogP contribution in [0.5, 0.6) is 0 Å². The van der Waals surface area contributed by atoms with E-state index in [0.29, 0.717) is 11.4 Å². The number of hydrogen-bond acceptors (Lipinski definition) is 4. The second-order valence-corrected chi connectivity index (χ2v) is 5.76. The lowest BCUT2D eigenvalue weighted by molar-refractivity contribution is -0.117. The van der Waals surface area contributed by atoms with E-state index in [1.165, 1.54) is 6.21 Å². The van der Waals surface area contributed by atoms with Crippen molar-refractivity contribution >= 4 is 35.5 Å². The topological polar surface area (TPSA) is 58.7 Å². The van der Waals surface area contributed by atoms with E-state index in [2.05, 4.69) is 4.99 Å². The number of benzene rings is 1. The Hall–Kier alpha value is -1.30. The number of thioether (sulfide) groups is 1. The minimum atomic E-state index is -0.144. The van der Waals surface area contributed by atoms with Gasteiger partial charge in [-0.25, -0.2) is 4.99 Å². The lowest BCUT2D eigenvalue weighted by Crippen LogP contribution is -2.33. The van der Waals surface area contributed by atoms with E-state index >= 15 is 0 Å². The molecule has 1 aromatic rings. The molecule has 4 nitrogen and oxygen atoms in total. The van der Waals surface area contributed by atoms with Crippen molar-refractivity contribution in [1.82, 2.24) is 4.90 Å². The van der Waals surface area contributed by atoms with E-state index in [1.807, 2.05) is 34.7 Å². The van der Waals surface area contributed by atoms with E-state index in [0.717, 1.165) is 18.5 Å². The van der Waals surface area contributed by atoms with Crippen LogP contribution in [-0.4, -0.2) is 29.1 Å². The third-order valence-corrected chi connectivity index (χ3v) is 4.03. The largest absolute Gasteiger partial charge is 0.353 e. The highest BCUT2D eigenvalue weighted by atomic mass is 35.5. The highest BCUT2D eigenvalue weighted by molar-refractivity contribution is 8.02. The minimum absolute atomic E-state index is 0.0308. The Labute approximate surface area is 127 Å². The highest BCUT2D eigenvalue weighted by Gasteiger charge is 2.14. The van der Waals surface area contributed by atoms with Crippen molar-refractivity contribution in [2.45, 2.75) is 18.3 Å². The van der Waals surface area contributed by atoms with Gasteiger partial charge in [0.05, 0.1) is 0 Å². The molecule has 2 N–H and O–H groups in total. The fraction of sp³-hybridized carbons (Fsp3) is 0.286. The molecule has 20 heavy (non-hydrogen) atoms. The standard InChI is InChI=1S/C14H16ClN3OS/c15-12-5-2-1-4-11(12)10-17-13(19)6-3-7-18-8-9-20-14(18)16/h1-2,4-5,8-10,14H,3,6-7,16H2. The summed E-state index contributed by atoms with van der Waals surface area (Å²) in [6.45, 7) is 0.762. The maximum Gasteiger partial charge on any atom is 0.245 e. The van der Waals surface area contributed by atoms with Crippen molar-refractivity contribution in [3.63, 3.8) is 0 Å². The van der Waals surface area contributed by atoms with Gasteiger partial charge in [0.25, 0.3) is 0 Å². The van der Waals surface area contributed by atoms with Crippen LogP contribution in [0.3, 0.4) is 0 Å². The van der Waals surface area contributed by atoms with Crippen molar-refractivity contribution in [1.29, 1.82) is 0 Å². The van der Waals surface area contributed by atoms with Gasteiger partial charge in [0, 0.05) is 36.0 Å². The molecule has 0 saturated carbocycles. The first-order chi connectivity index (χ1) is 9.66. The van der Waals surface area contributed by atoms with Crippen LogP contribution in [0.15, 0.2) is 40.9 Å². The third kappa shape index (κ3) is 4.37. The molecule has 0 spiro atoms. The van der Waals surface area contributed by atoms with Crippen LogP contribution in [0.1, 0.15) is 18.4 Å². The number of nitrogens with two attached hydrogens (primary N) is 1. The molecule has 1 unspecified atom stereocenters. The molecule has 0 fully saturated rings. The number of hydrogen-bond donors (Lipinski definition) is 1. The zero-order chi connectivity index (χ0) is 14.4. The first-order valence-electron chi connectivity index (χ1n) is 6.32. The predicted molar refractivity (Wildman–Crippen MR) is 84.7 cm³/mol. The molecule has 6 heteroatoms. The fourth-order valence-electron chi connectivity index (χ4n) is 1.76. The molecular formula is C14H16ClN3OS. The Bertz CT molecular complexity index is 533. The van der Waals surface area contributed by atoms with Crippen molar-refractivity contribution in [2.24, 2.45) is 10.7 Å². The number of nitrogens with zero attached hydrogens (tertiary/aromatic N) is 2. The quantitative estimate of drug-likeness (QED) is 0.850. The Balaban J connectivity index is 1.75. The van der Waals surface area contributed by atoms with E-state index in [9.17, 15) is 4.79 Å². The maximum atomic E-state index is 11.7. The molecule has 1 atom stereocenters. The smallest absolute Gasteiger partial charge is 0.245 e. The van der Waals surface area contributed by atoms with Crippen LogP contribution in [0.2, 0.25) is 5.02 Å². The predicted octanol–water partition coefficient (Wildman–Crippen LogP) is 2.83. The molecule has 1 amide bonds. The molecule has 1 aromatic carbocycles. The number of carbonyl (C=O) groups is 1. The third-order valence-electron chi connectivity index (χ3n) is 2.86. The summed E-state index contributed by atoms with van der Waals surface area (Å²) in [4.78, 5) is 17.6. The number of aliphatic imine (C=N–C) groups is 1. The molecule has 0 aliphatic carbocycles. The lowest BCUT2D eigenvalue weighted by Gasteiger charge is -2.20. The molecule has 0 saturated heterocycles. The van der Waals surface area contributed by atoms with Gasteiger partial charge in [-0.15, -0.1) is 0 Å². The molecule has 0 aromatic heterocycles. The molecular weight excluding hydrogens is 294 g/mol. The van der Waals surface area contributed by atoms with Crippen molar-refractivity contribution in [3.8, 4) is 0 Å². The van der Waals surface area contributed by atoms with Gasteiger partial charge in [0.15, 0.2) is 0 Å². The van der Waals surface area contributed by atoms with Crippen LogP contribution in [-0.2, 0) is 4.79 Å². The summed E-state index contributed by atoms with van der Waals surface area (Å²) < 4.78 is 0. The highest BCUT2D eigenvalue weighted by Crippen LogP contribution is 2.20. The zero-order valence-corrected chi connectivity index (χ0v) is 12.5. The molecule has 1 aliphatic rings. The first kappa shape index (κ1) is 15.1. The molecule has 1 aliphatic heterocycles. The van der Waals surface area contributed by atoms with Gasteiger partial charge in [-0.3, -0.25) is 4.79 Å². The summed E-state index contributed by atoms with van der Waals surface area (Å²) in [6, 6.07) is 7.29. The Morgan fingerprint density at radius 1 is 1.50 bits per heavy atom. The number of rotatable bonds is 5. The molecule has 1 heterocycles. The number of amides is 1. The van der Waals surface area contributed by atoms with Crippen molar-refractivity contribution < 1.29 is 4.79 Å². The van der Waals surface area contributed by atoms with Gasteiger partial charge in [-0.05, 0) is 17.9 Å². The average molecular weight is 310 g/mol. The minimum Gasteiger partial charge on any atom is -0.353 e. The Morgan fingerprint density at radius 3 is 3.00 bits per heavy atom. The lowest BCUT2D eigenvalue weighted by atomic mass is 10.2. The molecule has 2 rings (SSSR count). The van der Waals surface area contributed by atoms with Crippen molar-refractivity contribution in [3.05, 3.63) is 46.5 Å². The summed E-state index contributed by atoms with van der Waals surface area (Å²) in [5.74, 6) is -0.144.